The van der Waals surface area contributed by atoms with Crippen LogP contribution in [0.3, 0.4) is 0 Å². The van der Waals surface area contributed by atoms with Crippen molar-refractivity contribution >= 4 is 28.8 Å². The van der Waals surface area contributed by atoms with Crippen molar-refractivity contribution in [2.75, 3.05) is 12.9 Å². The number of benzene rings is 1. The Bertz CT molecular complexity index is 514. The van der Waals surface area contributed by atoms with E-state index in [2.05, 4.69) is 10.3 Å². The highest BCUT2D eigenvalue weighted by atomic mass is 32.2. The fourth-order valence-electron chi connectivity index (χ4n) is 1.38. The van der Waals surface area contributed by atoms with E-state index in [9.17, 15) is 4.79 Å². The normalized spacial score (nSPS) is 9.65. The zero-order valence-corrected chi connectivity index (χ0v) is 11.9. The average Bonchev–Trinajstić information content (AvgIpc) is 2.42. The van der Waals surface area contributed by atoms with Gasteiger partial charge in [0.15, 0.2) is 11.1 Å². The maximum atomic E-state index is 11.6. The third-order valence-electron chi connectivity index (χ3n) is 2.24. The van der Waals surface area contributed by atoms with Crippen LogP contribution in [0, 0.1) is 5.41 Å². The lowest BCUT2D eigenvalue weighted by Crippen LogP contribution is -2.26. The SMILES string of the molecule is COc1ccccc1CNC(=O)CSC(=N)N=C(N)N. The molecule has 0 spiro atoms. The minimum atomic E-state index is -0.212. The minimum absolute atomic E-state index is 0.0742. The third-order valence-corrected chi connectivity index (χ3v) is 3.01. The fraction of sp³-hybridized carbons (Fsp3) is 0.250. The maximum Gasteiger partial charge on any atom is 0.230 e. The van der Waals surface area contributed by atoms with E-state index in [0.717, 1.165) is 17.3 Å². The number of thioether (sulfide) groups is 1. The molecule has 7 nitrogen and oxygen atoms in total. The first-order valence-corrected chi connectivity index (χ1v) is 6.71. The van der Waals surface area contributed by atoms with Crippen molar-refractivity contribution in [1.82, 2.24) is 5.32 Å². The van der Waals surface area contributed by atoms with Crippen molar-refractivity contribution in [1.29, 1.82) is 5.41 Å². The summed E-state index contributed by atoms with van der Waals surface area (Å²) in [4.78, 5) is 15.1. The average molecular weight is 295 g/mol. The first-order chi connectivity index (χ1) is 9.52. The van der Waals surface area contributed by atoms with E-state index in [1.807, 2.05) is 24.3 Å². The van der Waals surface area contributed by atoms with Crippen molar-refractivity contribution in [2.24, 2.45) is 16.5 Å². The van der Waals surface area contributed by atoms with Crippen molar-refractivity contribution in [3.63, 3.8) is 0 Å². The predicted octanol–water partition coefficient (Wildman–Crippen LogP) is 0.253. The summed E-state index contributed by atoms with van der Waals surface area (Å²) in [7, 11) is 1.58. The molecule has 8 heteroatoms. The molecule has 0 aliphatic rings. The van der Waals surface area contributed by atoms with Gasteiger partial charge in [-0.3, -0.25) is 10.2 Å². The Morgan fingerprint density at radius 2 is 2.15 bits per heavy atom. The predicted molar refractivity (Wildman–Crippen MR) is 80.8 cm³/mol. The topological polar surface area (TPSA) is 127 Å². The molecule has 0 saturated heterocycles. The van der Waals surface area contributed by atoms with Crippen LogP contribution < -0.4 is 21.5 Å². The van der Waals surface area contributed by atoms with Gasteiger partial charge < -0.3 is 21.5 Å². The zero-order valence-electron chi connectivity index (χ0n) is 11.1. The van der Waals surface area contributed by atoms with Crippen LogP contribution in [0.1, 0.15) is 5.56 Å². The molecule has 1 aromatic carbocycles. The Labute approximate surface area is 121 Å². The van der Waals surface area contributed by atoms with Crippen LogP contribution in [0.4, 0.5) is 0 Å². The smallest absolute Gasteiger partial charge is 0.230 e. The lowest BCUT2D eigenvalue weighted by Gasteiger charge is -2.09. The maximum absolute atomic E-state index is 11.6. The number of rotatable bonds is 5. The Morgan fingerprint density at radius 1 is 1.45 bits per heavy atom. The van der Waals surface area contributed by atoms with Gasteiger partial charge in [0.25, 0.3) is 0 Å². The first-order valence-electron chi connectivity index (χ1n) is 5.72. The van der Waals surface area contributed by atoms with Crippen LogP contribution in [0.15, 0.2) is 29.3 Å². The zero-order chi connectivity index (χ0) is 15.0. The van der Waals surface area contributed by atoms with Crippen LogP contribution in [0.25, 0.3) is 0 Å². The third kappa shape index (κ3) is 5.61. The number of amides is 1. The summed E-state index contributed by atoms with van der Waals surface area (Å²) >= 11 is 0.950. The highest BCUT2D eigenvalue weighted by Crippen LogP contribution is 2.16. The lowest BCUT2D eigenvalue weighted by atomic mass is 10.2. The molecule has 0 atom stereocenters. The molecule has 0 bridgehead atoms. The molecule has 0 fully saturated rings. The molecular formula is C12H17N5O2S. The lowest BCUT2D eigenvalue weighted by molar-refractivity contribution is -0.118. The number of para-hydroxylation sites is 1. The van der Waals surface area contributed by atoms with E-state index in [0.29, 0.717) is 12.3 Å². The Balaban J connectivity index is 2.40. The van der Waals surface area contributed by atoms with Gasteiger partial charge in [-0.25, -0.2) is 0 Å². The molecule has 1 aromatic rings. The van der Waals surface area contributed by atoms with Crippen molar-refractivity contribution in [3.05, 3.63) is 29.8 Å². The molecular weight excluding hydrogens is 278 g/mol. The van der Waals surface area contributed by atoms with Gasteiger partial charge in [0, 0.05) is 12.1 Å². The summed E-state index contributed by atoms with van der Waals surface area (Å²) in [5.74, 6) is 0.382. The molecule has 6 N–H and O–H groups in total. The largest absolute Gasteiger partial charge is 0.496 e. The molecule has 0 radical (unpaired) electrons. The summed E-state index contributed by atoms with van der Waals surface area (Å²) in [5, 5.41) is 10.0. The van der Waals surface area contributed by atoms with E-state index < -0.39 is 0 Å². The number of carbonyl (C=O) groups excluding carboxylic acids is 1. The number of ether oxygens (including phenoxy) is 1. The van der Waals surface area contributed by atoms with Gasteiger partial charge >= 0.3 is 0 Å². The highest BCUT2D eigenvalue weighted by Gasteiger charge is 2.06. The molecule has 0 aromatic heterocycles. The second-order valence-electron chi connectivity index (χ2n) is 3.72. The van der Waals surface area contributed by atoms with Crippen LogP contribution in [0.2, 0.25) is 0 Å². The van der Waals surface area contributed by atoms with Gasteiger partial charge in [-0.15, -0.1) is 0 Å². The van der Waals surface area contributed by atoms with E-state index in [1.54, 1.807) is 7.11 Å². The Kier molecular flexibility index (Phi) is 6.38. The summed E-state index contributed by atoms with van der Waals surface area (Å²) < 4.78 is 5.18. The summed E-state index contributed by atoms with van der Waals surface area (Å²) in [6, 6.07) is 7.42. The highest BCUT2D eigenvalue weighted by molar-refractivity contribution is 8.14. The molecule has 1 amide bonds. The summed E-state index contributed by atoms with van der Waals surface area (Å²) in [6.07, 6.45) is 0. The molecule has 1 rings (SSSR count). The van der Waals surface area contributed by atoms with Crippen molar-refractivity contribution in [2.45, 2.75) is 6.54 Å². The molecule has 0 aliphatic heterocycles. The van der Waals surface area contributed by atoms with Crippen LogP contribution in [-0.2, 0) is 11.3 Å². The monoisotopic (exact) mass is 295 g/mol. The van der Waals surface area contributed by atoms with E-state index in [4.69, 9.17) is 21.6 Å². The number of guanidine groups is 1. The van der Waals surface area contributed by atoms with Crippen molar-refractivity contribution in [3.8, 4) is 5.75 Å². The Hall–Kier alpha value is -2.22. The van der Waals surface area contributed by atoms with Crippen LogP contribution in [-0.4, -0.2) is 29.9 Å². The van der Waals surface area contributed by atoms with Crippen molar-refractivity contribution < 1.29 is 9.53 Å². The number of methoxy groups -OCH3 is 1. The van der Waals surface area contributed by atoms with Gasteiger partial charge in [-0.1, -0.05) is 30.0 Å². The molecule has 0 saturated carbocycles. The van der Waals surface area contributed by atoms with Gasteiger partial charge in [-0.05, 0) is 6.07 Å². The van der Waals surface area contributed by atoms with E-state index in [-0.39, 0.29) is 22.8 Å². The molecule has 108 valence electrons. The summed E-state index contributed by atoms with van der Waals surface area (Å²) in [5.41, 5.74) is 11.1. The van der Waals surface area contributed by atoms with Gasteiger partial charge in [0.2, 0.25) is 5.91 Å². The fourth-order valence-corrected chi connectivity index (χ4v) is 1.92. The number of nitrogens with one attached hydrogen (secondary N) is 2. The second-order valence-corrected chi connectivity index (χ2v) is 4.68. The number of aliphatic imine (C=N–C) groups is 1. The number of nitrogens with two attached hydrogens (primary N) is 2. The standard InChI is InChI=1S/C12H17N5O2S/c1-19-9-5-3-2-4-8(9)6-16-10(18)7-20-12(15)17-11(13)14/h2-5H,6-7H2,1H3,(H,16,18)(H5,13,14,15,17). The van der Waals surface area contributed by atoms with E-state index in [1.165, 1.54) is 0 Å². The second kappa shape index (κ2) is 8.05. The molecule has 0 unspecified atom stereocenters. The van der Waals surface area contributed by atoms with E-state index >= 15 is 0 Å². The Morgan fingerprint density at radius 3 is 2.80 bits per heavy atom. The number of carbonyl (C=O) groups is 1. The number of hydrogen-bond donors (Lipinski definition) is 4. The molecule has 20 heavy (non-hydrogen) atoms. The van der Waals surface area contributed by atoms with Gasteiger partial charge in [0.05, 0.1) is 12.9 Å². The quantitative estimate of drug-likeness (QED) is 0.457. The molecule has 0 aliphatic carbocycles. The van der Waals surface area contributed by atoms with Crippen LogP contribution >= 0.6 is 11.8 Å². The molecule has 0 heterocycles. The summed E-state index contributed by atoms with van der Waals surface area (Å²) in [6.45, 7) is 0.360. The van der Waals surface area contributed by atoms with Gasteiger partial charge in [0.1, 0.15) is 5.75 Å². The number of hydrogen-bond acceptors (Lipinski definition) is 4. The number of amidine groups is 1. The number of nitrogens with zero attached hydrogens (tertiary/aromatic N) is 1. The van der Waals surface area contributed by atoms with Gasteiger partial charge in [-0.2, -0.15) is 4.99 Å². The minimum Gasteiger partial charge on any atom is -0.496 e. The van der Waals surface area contributed by atoms with Crippen LogP contribution in [0.5, 0.6) is 5.75 Å². The first kappa shape index (κ1) is 15.8.